The maximum Gasteiger partial charge on any atom is 0.277 e. The van der Waals surface area contributed by atoms with Crippen LogP contribution in [0.5, 0.6) is 11.5 Å². The van der Waals surface area contributed by atoms with Crippen molar-refractivity contribution in [2.24, 2.45) is 7.05 Å². The summed E-state index contributed by atoms with van der Waals surface area (Å²) >= 11 is 0. The maximum absolute atomic E-state index is 14.0. The van der Waals surface area contributed by atoms with E-state index < -0.39 is 5.82 Å². The van der Waals surface area contributed by atoms with E-state index in [0.717, 1.165) is 12.8 Å². The van der Waals surface area contributed by atoms with Crippen molar-refractivity contribution >= 4 is 16.7 Å². The fourth-order valence-corrected chi connectivity index (χ4v) is 3.60. The Labute approximate surface area is 170 Å². The number of pyridine rings is 1. The van der Waals surface area contributed by atoms with Gasteiger partial charge < -0.3 is 4.74 Å². The molecule has 1 fully saturated rings. The molecule has 2 aromatic heterocycles. The number of hydrogen-bond acceptors (Lipinski definition) is 4. The summed E-state index contributed by atoms with van der Waals surface area (Å²) in [5.74, 6) is -0.151. The molecule has 0 spiro atoms. The minimum Gasteiger partial charge on any atom is -0.454 e. The fraction of sp³-hybridized carbons (Fsp3) is 0.174. The zero-order valence-electron chi connectivity index (χ0n) is 16.2. The Kier molecular flexibility index (Phi) is 4.24. The lowest BCUT2D eigenvalue weighted by molar-refractivity contribution is 0.103. The van der Waals surface area contributed by atoms with Crippen molar-refractivity contribution < 1.29 is 13.9 Å². The van der Waals surface area contributed by atoms with Crippen molar-refractivity contribution in [1.82, 2.24) is 14.8 Å². The second-order valence-electron chi connectivity index (χ2n) is 7.44. The van der Waals surface area contributed by atoms with Crippen LogP contribution in [0.1, 0.15) is 40.4 Å². The van der Waals surface area contributed by atoms with Gasteiger partial charge in [-0.05, 0) is 49.2 Å². The molecule has 150 valence electrons. The van der Waals surface area contributed by atoms with Crippen molar-refractivity contribution in [3.63, 3.8) is 0 Å². The Balaban J connectivity index is 1.59. The van der Waals surface area contributed by atoms with E-state index in [2.05, 4.69) is 10.1 Å². The summed E-state index contributed by atoms with van der Waals surface area (Å²) in [6, 6.07) is 12.7. The monoisotopic (exact) mass is 403 g/mol. The molecule has 30 heavy (non-hydrogen) atoms. The molecule has 5 rings (SSSR count). The number of carbonyl (C=O) groups is 1. The second kappa shape index (κ2) is 6.95. The number of fused-ring (bicyclic) bond motifs is 1. The topological polar surface area (TPSA) is 77.0 Å². The van der Waals surface area contributed by atoms with E-state index in [9.17, 15) is 14.0 Å². The average Bonchev–Trinajstić information content (AvgIpc) is 3.55. The van der Waals surface area contributed by atoms with Gasteiger partial charge in [0, 0.05) is 30.1 Å². The highest BCUT2D eigenvalue weighted by Crippen LogP contribution is 2.40. The third kappa shape index (κ3) is 3.08. The number of para-hydroxylation sites is 1. The summed E-state index contributed by atoms with van der Waals surface area (Å²) in [5.41, 5.74) is 1.50. The van der Waals surface area contributed by atoms with E-state index in [1.165, 1.54) is 16.8 Å². The SMILES string of the molecule is Cn1[nH]c(C2CC2)c(C(=O)c2ccc3nccc(Oc4ccccc4F)c3c2)c1=O. The number of nitrogens with zero attached hydrogens (tertiary/aromatic N) is 2. The lowest BCUT2D eigenvalue weighted by Gasteiger charge is -2.10. The van der Waals surface area contributed by atoms with E-state index in [1.807, 2.05) is 0 Å². The Morgan fingerprint density at radius 3 is 2.73 bits per heavy atom. The van der Waals surface area contributed by atoms with Crippen LogP contribution in [0.3, 0.4) is 0 Å². The van der Waals surface area contributed by atoms with E-state index in [0.29, 0.717) is 27.9 Å². The number of benzene rings is 2. The quantitative estimate of drug-likeness (QED) is 0.504. The number of rotatable bonds is 5. The Morgan fingerprint density at radius 1 is 1.17 bits per heavy atom. The van der Waals surface area contributed by atoms with Crippen LogP contribution in [0, 0.1) is 5.82 Å². The van der Waals surface area contributed by atoms with Crippen molar-refractivity contribution in [2.75, 3.05) is 0 Å². The molecule has 6 nitrogen and oxygen atoms in total. The van der Waals surface area contributed by atoms with Crippen LogP contribution in [0.4, 0.5) is 4.39 Å². The van der Waals surface area contributed by atoms with Gasteiger partial charge in [0.1, 0.15) is 11.3 Å². The highest BCUT2D eigenvalue weighted by Gasteiger charge is 2.33. The van der Waals surface area contributed by atoms with Crippen molar-refractivity contribution in [2.45, 2.75) is 18.8 Å². The summed E-state index contributed by atoms with van der Waals surface area (Å²) in [7, 11) is 1.61. The highest BCUT2D eigenvalue weighted by atomic mass is 19.1. The number of H-pyrrole nitrogens is 1. The minimum atomic E-state index is -0.486. The largest absolute Gasteiger partial charge is 0.454 e. The molecule has 2 heterocycles. The lowest BCUT2D eigenvalue weighted by Crippen LogP contribution is -2.19. The second-order valence-corrected chi connectivity index (χ2v) is 7.44. The van der Waals surface area contributed by atoms with Crippen LogP contribution >= 0.6 is 0 Å². The normalized spacial score (nSPS) is 13.5. The first-order valence-corrected chi connectivity index (χ1v) is 9.67. The van der Waals surface area contributed by atoms with Gasteiger partial charge in [0.2, 0.25) is 5.78 Å². The molecule has 1 saturated carbocycles. The number of aromatic nitrogens is 3. The molecular weight excluding hydrogens is 385 g/mol. The molecular formula is C23H18FN3O3. The first-order valence-electron chi connectivity index (χ1n) is 9.67. The van der Waals surface area contributed by atoms with Crippen LogP contribution in [0.25, 0.3) is 10.9 Å². The minimum absolute atomic E-state index is 0.0808. The molecule has 0 radical (unpaired) electrons. The molecule has 0 bridgehead atoms. The van der Waals surface area contributed by atoms with Gasteiger partial charge in [-0.1, -0.05) is 12.1 Å². The molecule has 0 atom stereocenters. The third-order valence-electron chi connectivity index (χ3n) is 5.31. The first-order chi connectivity index (χ1) is 14.5. The summed E-state index contributed by atoms with van der Waals surface area (Å²) in [6.45, 7) is 0. The van der Waals surface area contributed by atoms with E-state index in [1.54, 1.807) is 49.6 Å². The Morgan fingerprint density at radius 2 is 1.97 bits per heavy atom. The van der Waals surface area contributed by atoms with Gasteiger partial charge in [-0.15, -0.1) is 0 Å². The van der Waals surface area contributed by atoms with Gasteiger partial charge in [0.15, 0.2) is 11.6 Å². The van der Waals surface area contributed by atoms with E-state index in [-0.39, 0.29) is 28.6 Å². The smallest absolute Gasteiger partial charge is 0.277 e. The predicted octanol–water partition coefficient (Wildman–Crippen LogP) is 4.30. The zero-order valence-corrected chi connectivity index (χ0v) is 16.2. The van der Waals surface area contributed by atoms with Gasteiger partial charge >= 0.3 is 0 Å². The fourth-order valence-electron chi connectivity index (χ4n) is 3.60. The number of carbonyl (C=O) groups excluding carboxylic acids is 1. The van der Waals surface area contributed by atoms with Crippen LogP contribution in [-0.2, 0) is 7.05 Å². The molecule has 2 aromatic carbocycles. The number of ether oxygens (including phenoxy) is 1. The van der Waals surface area contributed by atoms with Crippen molar-refractivity contribution in [3.8, 4) is 11.5 Å². The molecule has 4 aromatic rings. The number of hydrogen-bond donors (Lipinski definition) is 1. The van der Waals surface area contributed by atoms with E-state index in [4.69, 9.17) is 4.74 Å². The zero-order chi connectivity index (χ0) is 20.8. The van der Waals surface area contributed by atoms with Crippen LogP contribution in [-0.4, -0.2) is 20.5 Å². The van der Waals surface area contributed by atoms with Gasteiger partial charge in [0.05, 0.1) is 11.2 Å². The van der Waals surface area contributed by atoms with Crippen LogP contribution < -0.4 is 10.3 Å². The Bertz CT molecular complexity index is 1350. The molecule has 7 heteroatoms. The summed E-state index contributed by atoms with van der Waals surface area (Å²) < 4.78 is 21.1. The van der Waals surface area contributed by atoms with Gasteiger partial charge in [-0.25, -0.2) is 4.39 Å². The molecule has 0 aliphatic heterocycles. The number of ketones is 1. The number of nitrogens with one attached hydrogen (secondary N) is 1. The Hall–Kier alpha value is -3.74. The molecule has 1 aliphatic carbocycles. The molecule has 1 aliphatic rings. The molecule has 0 unspecified atom stereocenters. The van der Waals surface area contributed by atoms with Gasteiger partial charge in [0.25, 0.3) is 5.56 Å². The first kappa shape index (κ1) is 18.3. The van der Waals surface area contributed by atoms with Crippen molar-refractivity contribution in [1.29, 1.82) is 0 Å². The highest BCUT2D eigenvalue weighted by molar-refractivity contribution is 6.11. The molecule has 0 amide bonds. The third-order valence-corrected chi connectivity index (χ3v) is 5.31. The predicted molar refractivity (Wildman–Crippen MR) is 110 cm³/mol. The van der Waals surface area contributed by atoms with Crippen LogP contribution in [0.2, 0.25) is 0 Å². The summed E-state index contributed by atoms with van der Waals surface area (Å²) in [6.07, 6.45) is 3.48. The van der Waals surface area contributed by atoms with E-state index >= 15 is 0 Å². The van der Waals surface area contributed by atoms with Gasteiger partial charge in [-0.2, -0.15) is 0 Å². The summed E-state index contributed by atoms with van der Waals surface area (Å²) in [4.78, 5) is 30.1. The van der Waals surface area contributed by atoms with Crippen LogP contribution in [0.15, 0.2) is 59.5 Å². The number of aromatic amines is 1. The lowest BCUT2D eigenvalue weighted by atomic mass is 10.00. The number of aryl methyl sites for hydroxylation is 1. The van der Waals surface area contributed by atoms with Gasteiger partial charge in [-0.3, -0.25) is 24.4 Å². The number of halogens is 1. The van der Waals surface area contributed by atoms with Crippen molar-refractivity contribution in [3.05, 3.63) is 87.7 Å². The standard InChI is InChI=1S/C23H18FN3O3/c1-27-23(29)20(21(26-27)13-6-7-13)22(28)14-8-9-17-15(12-14)18(10-11-25-17)30-19-5-3-2-4-16(19)24/h2-5,8-13,26H,6-7H2,1H3. The summed E-state index contributed by atoms with van der Waals surface area (Å²) in [5, 5.41) is 3.58. The maximum atomic E-state index is 14.0. The molecule has 0 saturated heterocycles. The average molecular weight is 403 g/mol. The molecule has 1 N–H and O–H groups in total.